The number of hydrogen-bond donors (Lipinski definition) is 2. The van der Waals surface area contributed by atoms with Crippen LogP contribution in [0, 0.1) is 5.41 Å². The summed E-state index contributed by atoms with van der Waals surface area (Å²) >= 11 is 0. The molecule has 2 fully saturated rings. The summed E-state index contributed by atoms with van der Waals surface area (Å²) in [6, 6.07) is 3.72. The summed E-state index contributed by atoms with van der Waals surface area (Å²) < 4.78 is 10.7. The molecule has 0 saturated carbocycles. The molecule has 2 saturated heterocycles. The van der Waals surface area contributed by atoms with E-state index in [-0.39, 0.29) is 11.8 Å². The molecule has 2 aliphatic rings. The fourth-order valence-corrected chi connectivity index (χ4v) is 3.44. The van der Waals surface area contributed by atoms with E-state index in [9.17, 15) is 4.79 Å². The third kappa shape index (κ3) is 3.36. The quantitative estimate of drug-likeness (QED) is 0.772. The van der Waals surface area contributed by atoms with Crippen LogP contribution in [-0.4, -0.2) is 61.2 Å². The molecule has 1 amide bonds. The molecule has 4 heterocycles. The van der Waals surface area contributed by atoms with Crippen LogP contribution in [0.2, 0.25) is 0 Å². The number of amides is 1. The third-order valence-electron chi connectivity index (χ3n) is 4.81. The number of rotatable bonds is 4. The number of anilines is 2. The van der Waals surface area contributed by atoms with Gasteiger partial charge in [0, 0.05) is 37.3 Å². The maximum absolute atomic E-state index is 12.4. The maximum atomic E-state index is 12.4. The Bertz CT molecular complexity index is 939. The van der Waals surface area contributed by atoms with Gasteiger partial charge in [-0.05, 0) is 24.8 Å². The van der Waals surface area contributed by atoms with Crippen molar-refractivity contribution >= 4 is 34.2 Å². The summed E-state index contributed by atoms with van der Waals surface area (Å²) in [7, 11) is 0. The minimum Gasteiger partial charge on any atom is -0.449 e. The third-order valence-corrected chi connectivity index (χ3v) is 4.81. The zero-order valence-electron chi connectivity index (χ0n) is 15.4. The Hall–Kier alpha value is -3.20. The molecule has 0 unspecified atom stereocenters. The summed E-state index contributed by atoms with van der Waals surface area (Å²) in [5, 5.41) is 9.02. The number of pyridine rings is 2. The van der Waals surface area contributed by atoms with E-state index < -0.39 is 0 Å². The van der Waals surface area contributed by atoms with Crippen molar-refractivity contribution in [3.63, 3.8) is 0 Å². The molecule has 28 heavy (non-hydrogen) atoms. The highest BCUT2D eigenvalue weighted by Gasteiger charge is 2.26. The minimum atomic E-state index is -0.373. The first kappa shape index (κ1) is 18.2. The molecule has 3 N–H and O–H groups in total. The van der Waals surface area contributed by atoms with Crippen molar-refractivity contribution in [3.8, 4) is 0 Å². The average molecular weight is 382 g/mol. The van der Waals surface area contributed by atoms with Gasteiger partial charge in [-0.25, -0.2) is 9.78 Å². The van der Waals surface area contributed by atoms with E-state index in [1.807, 2.05) is 12.1 Å². The Balaban J connectivity index is 1.91. The van der Waals surface area contributed by atoms with Gasteiger partial charge in [-0.2, -0.15) is 0 Å². The number of nitrogens with one attached hydrogen (secondary N) is 1. The first-order valence-corrected chi connectivity index (χ1v) is 9.23. The zero-order valence-corrected chi connectivity index (χ0v) is 15.4. The van der Waals surface area contributed by atoms with Crippen LogP contribution < -0.4 is 15.5 Å². The zero-order chi connectivity index (χ0) is 19.5. The summed E-state index contributed by atoms with van der Waals surface area (Å²) in [6.45, 7) is 3.64. The van der Waals surface area contributed by atoms with Crippen LogP contribution in [-0.2, 0) is 9.47 Å². The first-order chi connectivity index (χ1) is 13.7. The molecule has 4 rings (SSSR count). The lowest BCUT2D eigenvalue weighted by Gasteiger charge is -2.31. The van der Waals surface area contributed by atoms with Gasteiger partial charge in [0.25, 0.3) is 0 Å². The number of fused-ring (bicyclic) bond motifs is 1. The Labute approximate surface area is 162 Å². The van der Waals surface area contributed by atoms with E-state index in [0.717, 1.165) is 17.6 Å². The molecule has 2 aliphatic heterocycles. The van der Waals surface area contributed by atoms with Crippen LogP contribution in [0.1, 0.15) is 12.1 Å². The number of morpholine rings is 1. The lowest BCUT2D eigenvalue weighted by Crippen LogP contribution is -2.39. The Kier molecular flexibility index (Phi) is 5.07. The van der Waals surface area contributed by atoms with Gasteiger partial charge in [0.1, 0.15) is 17.0 Å². The molecule has 2 aromatic rings. The average Bonchev–Trinajstić information content (AvgIpc) is 2.74. The van der Waals surface area contributed by atoms with Crippen molar-refractivity contribution in [2.45, 2.75) is 6.42 Å². The summed E-state index contributed by atoms with van der Waals surface area (Å²) in [5.74, 6) is 0.725. The number of hydrogen-bond acceptors (Lipinski definition) is 8. The SMILES string of the molecule is N=C(C=CN)c1nccc2c(N3CCCOC3=O)cc(N3CCOCC3)nc12. The molecule has 0 spiro atoms. The van der Waals surface area contributed by atoms with E-state index >= 15 is 0 Å². The van der Waals surface area contributed by atoms with Gasteiger partial charge in [0.2, 0.25) is 0 Å². The number of carbonyl (C=O) groups excluding carboxylic acids is 1. The highest BCUT2D eigenvalue weighted by molar-refractivity contribution is 6.15. The van der Waals surface area contributed by atoms with E-state index in [2.05, 4.69) is 9.88 Å². The van der Waals surface area contributed by atoms with Crippen LogP contribution in [0.5, 0.6) is 0 Å². The van der Waals surface area contributed by atoms with Gasteiger partial charge in [0.15, 0.2) is 0 Å². The number of aromatic nitrogens is 2. The molecular weight excluding hydrogens is 360 g/mol. The molecular formula is C19H22N6O3. The van der Waals surface area contributed by atoms with Crippen molar-refractivity contribution in [1.29, 1.82) is 5.41 Å². The maximum Gasteiger partial charge on any atom is 0.414 e. The second kappa shape index (κ2) is 7.81. The van der Waals surface area contributed by atoms with Gasteiger partial charge in [-0.3, -0.25) is 15.3 Å². The van der Waals surface area contributed by atoms with Crippen LogP contribution in [0.15, 0.2) is 30.6 Å². The molecule has 0 radical (unpaired) electrons. The second-order valence-corrected chi connectivity index (χ2v) is 6.55. The van der Waals surface area contributed by atoms with Crippen LogP contribution >= 0.6 is 0 Å². The molecule has 9 heteroatoms. The fourth-order valence-electron chi connectivity index (χ4n) is 3.44. The minimum absolute atomic E-state index is 0.159. The molecule has 0 aliphatic carbocycles. The van der Waals surface area contributed by atoms with Gasteiger partial charge >= 0.3 is 6.09 Å². The Morgan fingerprint density at radius 1 is 1.25 bits per heavy atom. The number of carbonyl (C=O) groups is 1. The first-order valence-electron chi connectivity index (χ1n) is 9.23. The Morgan fingerprint density at radius 2 is 2.07 bits per heavy atom. The summed E-state index contributed by atoms with van der Waals surface area (Å²) in [4.78, 5) is 25.3. The Morgan fingerprint density at radius 3 is 2.82 bits per heavy atom. The van der Waals surface area contributed by atoms with E-state index in [4.69, 9.17) is 25.6 Å². The molecule has 9 nitrogen and oxygen atoms in total. The lowest BCUT2D eigenvalue weighted by atomic mass is 10.1. The highest BCUT2D eigenvalue weighted by Crippen LogP contribution is 2.33. The van der Waals surface area contributed by atoms with Crippen LogP contribution in [0.3, 0.4) is 0 Å². The smallest absolute Gasteiger partial charge is 0.414 e. The van der Waals surface area contributed by atoms with E-state index in [1.54, 1.807) is 11.1 Å². The van der Waals surface area contributed by atoms with E-state index in [0.29, 0.717) is 56.4 Å². The van der Waals surface area contributed by atoms with Crippen molar-refractivity contribution in [2.75, 3.05) is 49.3 Å². The second-order valence-electron chi connectivity index (χ2n) is 6.55. The number of nitrogens with zero attached hydrogens (tertiary/aromatic N) is 4. The monoisotopic (exact) mass is 382 g/mol. The van der Waals surface area contributed by atoms with Crippen molar-refractivity contribution in [3.05, 3.63) is 36.3 Å². The molecule has 146 valence electrons. The highest BCUT2D eigenvalue weighted by atomic mass is 16.6. The van der Waals surface area contributed by atoms with E-state index in [1.165, 1.54) is 12.3 Å². The topological polar surface area (TPSA) is 118 Å². The predicted octanol–water partition coefficient (Wildman–Crippen LogP) is 1.65. The molecule has 2 aromatic heterocycles. The van der Waals surface area contributed by atoms with Gasteiger partial charge in [0.05, 0.1) is 31.2 Å². The normalized spacial score (nSPS) is 17.9. The van der Waals surface area contributed by atoms with Crippen molar-refractivity contribution < 1.29 is 14.3 Å². The molecule has 0 bridgehead atoms. The summed E-state index contributed by atoms with van der Waals surface area (Å²) in [5.41, 5.74) is 7.31. The predicted molar refractivity (Wildman–Crippen MR) is 106 cm³/mol. The fraction of sp³-hybridized carbons (Fsp3) is 0.368. The number of allylic oxidation sites excluding steroid dienone is 1. The molecule has 0 aromatic carbocycles. The number of ether oxygens (including phenoxy) is 2. The standard InChI is InChI=1S/C19H22N6O3/c20-4-2-14(21)18-17-13(3-5-22-18)15(25-6-1-9-28-19(25)26)12-16(23-17)24-7-10-27-11-8-24/h2-5,12,21H,1,6-11,20H2. The molecule has 0 atom stereocenters. The van der Waals surface area contributed by atoms with Crippen LogP contribution in [0.4, 0.5) is 16.3 Å². The summed E-state index contributed by atoms with van der Waals surface area (Å²) in [6.07, 6.45) is 4.77. The van der Waals surface area contributed by atoms with Crippen LogP contribution in [0.25, 0.3) is 10.9 Å². The van der Waals surface area contributed by atoms with Gasteiger partial charge in [-0.15, -0.1) is 0 Å². The van der Waals surface area contributed by atoms with Gasteiger partial charge in [-0.1, -0.05) is 0 Å². The number of cyclic esters (lactones) is 1. The van der Waals surface area contributed by atoms with Crippen molar-refractivity contribution in [2.24, 2.45) is 5.73 Å². The van der Waals surface area contributed by atoms with Gasteiger partial charge < -0.3 is 20.1 Å². The lowest BCUT2D eigenvalue weighted by molar-refractivity contribution is 0.122. The largest absolute Gasteiger partial charge is 0.449 e. The van der Waals surface area contributed by atoms with Crippen molar-refractivity contribution in [1.82, 2.24) is 9.97 Å². The number of nitrogens with two attached hydrogens (primary N) is 1.